The lowest BCUT2D eigenvalue weighted by atomic mass is 9.71. The summed E-state index contributed by atoms with van der Waals surface area (Å²) in [5.41, 5.74) is 2.36. The van der Waals surface area contributed by atoms with E-state index in [9.17, 15) is 5.21 Å². The SMILES string of the molecule is O/N=C(\Cl)C(Cc1ccccc1)(c1ccccc1)c1ccccc1. The highest BCUT2D eigenvalue weighted by Crippen LogP contribution is 2.38. The molecule has 0 aliphatic heterocycles. The van der Waals surface area contributed by atoms with Crippen molar-refractivity contribution in [1.29, 1.82) is 0 Å². The van der Waals surface area contributed by atoms with Crippen LogP contribution in [-0.4, -0.2) is 10.4 Å². The molecule has 3 aromatic rings. The summed E-state index contributed by atoms with van der Waals surface area (Å²) < 4.78 is 0. The molecule has 0 bridgehead atoms. The molecule has 0 atom stereocenters. The standard InChI is InChI=1S/C21H18ClNO/c22-20(23-24)21(18-12-6-2-7-13-18,19-14-8-3-9-15-19)16-17-10-4-1-5-11-17/h1-15,24H,16H2/b23-20-. The molecule has 0 saturated heterocycles. The van der Waals surface area contributed by atoms with Gasteiger partial charge in [0.05, 0.1) is 5.41 Å². The number of hydrogen-bond acceptors (Lipinski definition) is 2. The summed E-state index contributed by atoms with van der Waals surface area (Å²) >= 11 is 6.51. The van der Waals surface area contributed by atoms with Crippen molar-refractivity contribution in [3.05, 3.63) is 108 Å². The molecule has 0 spiro atoms. The largest absolute Gasteiger partial charge is 0.410 e. The minimum absolute atomic E-state index is 0.156. The number of rotatable bonds is 5. The van der Waals surface area contributed by atoms with Crippen LogP contribution in [0.5, 0.6) is 0 Å². The third-order valence-electron chi connectivity index (χ3n) is 4.29. The van der Waals surface area contributed by atoms with Gasteiger partial charge in [-0.05, 0) is 23.1 Å². The fraction of sp³-hybridized carbons (Fsp3) is 0.0952. The molecule has 0 aliphatic carbocycles. The van der Waals surface area contributed by atoms with Gasteiger partial charge in [0.15, 0.2) is 5.17 Å². The maximum Gasteiger partial charge on any atom is 0.160 e. The van der Waals surface area contributed by atoms with Crippen LogP contribution in [0.25, 0.3) is 0 Å². The molecule has 0 saturated carbocycles. The summed E-state index contributed by atoms with van der Waals surface area (Å²) in [5, 5.41) is 13.1. The van der Waals surface area contributed by atoms with Gasteiger partial charge in [0.2, 0.25) is 0 Å². The smallest absolute Gasteiger partial charge is 0.160 e. The normalized spacial score (nSPS) is 12.1. The Balaban J connectivity index is 2.25. The summed E-state index contributed by atoms with van der Waals surface area (Å²) in [4.78, 5) is 0. The fourth-order valence-corrected chi connectivity index (χ4v) is 3.40. The van der Waals surface area contributed by atoms with Gasteiger partial charge >= 0.3 is 0 Å². The zero-order valence-corrected chi connectivity index (χ0v) is 13.9. The Kier molecular flexibility index (Phi) is 4.97. The Morgan fingerprint density at radius 1 is 0.750 bits per heavy atom. The van der Waals surface area contributed by atoms with Gasteiger partial charge in [-0.25, -0.2) is 0 Å². The highest BCUT2D eigenvalue weighted by Gasteiger charge is 2.39. The molecule has 0 heterocycles. The van der Waals surface area contributed by atoms with E-state index in [0.717, 1.165) is 16.7 Å². The molecule has 0 unspecified atom stereocenters. The first kappa shape index (κ1) is 16.3. The van der Waals surface area contributed by atoms with Gasteiger partial charge in [-0.3, -0.25) is 0 Å². The lowest BCUT2D eigenvalue weighted by molar-refractivity contribution is 0.316. The molecule has 0 amide bonds. The second-order valence-corrected chi connectivity index (χ2v) is 6.05. The predicted octanol–water partition coefficient (Wildman–Crippen LogP) is 5.24. The Morgan fingerprint density at radius 2 is 1.17 bits per heavy atom. The van der Waals surface area contributed by atoms with Crippen molar-refractivity contribution in [2.45, 2.75) is 11.8 Å². The average molecular weight is 336 g/mol. The first-order valence-corrected chi connectivity index (χ1v) is 8.18. The first-order chi connectivity index (χ1) is 11.8. The van der Waals surface area contributed by atoms with Crippen LogP contribution in [0.3, 0.4) is 0 Å². The zero-order valence-electron chi connectivity index (χ0n) is 13.1. The van der Waals surface area contributed by atoms with E-state index in [1.807, 2.05) is 78.9 Å². The second kappa shape index (κ2) is 7.33. The molecule has 0 fully saturated rings. The molecule has 2 nitrogen and oxygen atoms in total. The number of oxime groups is 1. The van der Waals surface area contributed by atoms with Crippen LogP contribution in [0.2, 0.25) is 0 Å². The maximum atomic E-state index is 9.53. The number of halogens is 1. The topological polar surface area (TPSA) is 32.6 Å². The van der Waals surface area contributed by atoms with Gasteiger partial charge in [0.25, 0.3) is 0 Å². The minimum Gasteiger partial charge on any atom is -0.410 e. The van der Waals surface area contributed by atoms with E-state index in [2.05, 4.69) is 17.3 Å². The van der Waals surface area contributed by atoms with Crippen molar-refractivity contribution in [2.24, 2.45) is 5.16 Å². The molecule has 0 radical (unpaired) electrons. The highest BCUT2D eigenvalue weighted by molar-refractivity contribution is 6.67. The fourth-order valence-electron chi connectivity index (χ4n) is 3.11. The van der Waals surface area contributed by atoms with Crippen LogP contribution in [0.4, 0.5) is 0 Å². The third-order valence-corrected chi connectivity index (χ3v) is 4.68. The van der Waals surface area contributed by atoms with E-state index in [0.29, 0.717) is 6.42 Å². The van der Waals surface area contributed by atoms with Gasteiger partial charge in [-0.1, -0.05) is 108 Å². The Labute approximate surface area is 147 Å². The van der Waals surface area contributed by atoms with Crippen LogP contribution in [0.15, 0.2) is 96.2 Å². The van der Waals surface area contributed by atoms with Crippen molar-refractivity contribution in [1.82, 2.24) is 0 Å². The van der Waals surface area contributed by atoms with Crippen molar-refractivity contribution in [2.75, 3.05) is 0 Å². The lowest BCUT2D eigenvalue weighted by Crippen LogP contribution is -2.37. The minimum atomic E-state index is -0.736. The zero-order chi connectivity index (χ0) is 16.8. The van der Waals surface area contributed by atoms with Gasteiger partial charge in [0.1, 0.15) is 0 Å². The Hall–Kier alpha value is -2.58. The maximum absolute atomic E-state index is 9.53. The quantitative estimate of drug-likeness (QED) is 0.386. The van der Waals surface area contributed by atoms with Crippen LogP contribution in [-0.2, 0) is 11.8 Å². The molecular formula is C21H18ClNO. The Bertz CT molecular complexity index is 762. The lowest BCUT2D eigenvalue weighted by Gasteiger charge is -2.33. The molecule has 24 heavy (non-hydrogen) atoms. The summed E-state index contributed by atoms with van der Waals surface area (Å²) in [6.45, 7) is 0. The number of benzene rings is 3. The second-order valence-electron chi connectivity index (χ2n) is 5.69. The molecule has 1 N–H and O–H groups in total. The Morgan fingerprint density at radius 3 is 1.58 bits per heavy atom. The predicted molar refractivity (Wildman–Crippen MR) is 98.9 cm³/mol. The average Bonchev–Trinajstić information content (AvgIpc) is 2.67. The third kappa shape index (κ3) is 3.06. The van der Waals surface area contributed by atoms with Crippen molar-refractivity contribution in [3.8, 4) is 0 Å². The van der Waals surface area contributed by atoms with Crippen molar-refractivity contribution >= 4 is 16.8 Å². The summed E-state index contributed by atoms with van der Waals surface area (Å²) in [6.07, 6.45) is 0.602. The molecule has 0 aromatic heterocycles. The van der Waals surface area contributed by atoms with E-state index in [1.54, 1.807) is 0 Å². The van der Waals surface area contributed by atoms with Crippen LogP contribution < -0.4 is 0 Å². The van der Waals surface area contributed by atoms with Crippen molar-refractivity contribution < 1.29 is 5.21 Å². The molecule has 3 aromatic carbocycles. The van der Waals surface area contributed by atoms with Gasteiger partial charge < -0.3 is 5.21 Å². The van der Waals surface area contributed by atoms with Crippen LogP contribution >= 0.6 is 11.6 Å². The number of hydrogen-bond donors (Lipinski definition) is 1. The van der Waals surface area contributed by atoms with Crippen LogP contribution in [0.1, 0.15) is 16.7 Å². The van der Waals surface area contributed by atoms with E-state index in [-0.39, 0.29) is 5.17 Å². The molecule has 3 heteroatoms. The van der Waals surface area contributed by atoms with Gasteiger partial charge in [0, 0.05) is 0 Å². The summed E-state index contributed by atoms with van der Waals surface area (Å²) in [6, 6.07) is 30.0. The van der Waals surface area contributed by atoms with Crippen molar-refractivity contribution in [3.63, 3.8) is 0 Å². The first-order valence-electron chi connectivity index (χ1n) is 7.80. The molecular weight excluding hydrogens is 318 g/mol. The molecule has 0 aliphatic rings. The molecule has 3 rings (SSSR count). The van der Waals surface area contributed by atoms with Crippen LogP contribution in [0, 0.1) is 0 Å². The van der Waals surface area contributed by atoms with E-state index < -0.39 is 5.41 Å². The van der Waals surface area contributed by atoms with Gasteiger partial charge in [-0.2, -0.15) is 0 Å². The highest BCUT2D eigenvalue weighted by atomic mass is 35.5. The van der Waals surface area contributed by atoms with Gasteiger partial charge in [-0.15, -0.1) is 0 Å². The molecule has 120 valence electrons. The van der Waals surface area contributed by atoms with E-state index in [4.69, 9.17) is 11.6 Å². The van der Waals surface area contributed by atoms with E-state index >= 15 is 0 Å². The monoisotopic (exact) mass is 335 g/mol. The number of nitrogens with zero attached hydrogens (tertiary/aromatic N) is 1. The summed E-state index contributed by atoms with van der Waals surface area (Å²) in [5.74, 6) is 0. The summed E-state index contributed by atoms with van der Waals surface area (Å²) in [7, 11) is 0. The van der Waals surface area contributed by atoms with E-state index in [1.165, 1.54) is 0 Å².